The normalized spacial score (nSPS) is 17.9. The zero-order valence-corrected chi connectivity index (χ0v) is 11.4. The van der Waals surface area contributed by atoms with Crippen molar-refractivity contribution in [1.82, 2.24) is 4.72 Å². The van der Waals surface area contributed by atoms with Crippen molar-refractivity contribution in [2.45, 2.75) is 11.4 Å². The number of guanidine groups is 1. The van der Waals surface area contributed by atoms with E-state index in [4.69, 9.17) is 0 Å². The fraction of sp³-hybridized carbons (Fsp3) is 0.0714. The molecule has 5 nitrogen and oxygen atoms in total. The van der Waals surface area contributed by atoms with Crippen molar-refractivity contribution in [3.8, 4) is 0 Å². The van der Waals surface area contributed by atoms with Gasteiger partial charge in [-0.2, -0.15) is 0 Å². The molecule has 0 aromatic heterocycles. The highest BCUT2D eigenvalue weighted by atomic mass is 32.2. The fourth-order valence-electron chi connectivity index (χ4n) is 1.97. The molecular formula is C14H13N3O2S. The van der Waals surface area contributed by atoms with Gasteiger partial charge in [-0.05, 0) is 17.7 Å². The lowest BCUT2D eigenvalue weighted by atomic mass is 10.2. The van der Waals surface area contributed by atoms with Gasteiger partial charge in [-0.15, -0.1) is 0 Å². The van der Waals surface area contributed by atoms with Gasteiger partial charge >= 0.3 is 0 Å². The van der Waals surface area contributed by atoms with Crippen molar-refractivity contribution in [2.75, 3.05) is 5.32 Å². The van der Waals surface area contributed by atoms with Crippen LogP contribution >= 0.6 is 0 Å². The highest BCUT2D eigenvalue weighted by Crippen LogP contribution is 2.23. The molecule has 2 aromatic rings. The van der Waals surface area contributed by atoms with Crippen LogP contribution in [0.25, 0.3) is 0 Å². The Morgan fingerprint density at radius 2 is 1.65 bits per heavy atom. The van der Waals surface area contributed by atoms with Gasteiger partial charge in [0.25, 0.3) is 10.0 Å². The first-order chi connectivity index (χ1) is 9.65. The molecule has 1 aliphatic rings. The summed E-state index contributed by atoms with van der Waals surface area (Å²) in [6.07, 6.45) is 0. The summed E-state index contributed by atoms with van der Waals surface area (Å²) < 4.78 is 26.6. The molecule has 0 bridgehead atoms. The average molecular weight is 287 g/mol. The third kappa shape index (κ3) is 2.50. The standard InChI is InChI=1S/C14H13N3O2S/c18-20(19)13-9-5-4-8-12(13)16-14(17-20)15-10-11-6-2-1-3-7-11/h1-9H,10H2,(H2,15,16,17). The number of hydrogen-bond donors (Lipinski definition) is 2. The lowest BCUT2D eigenvalue weighted by molar-refractivity contribution is 0.591. The van der Waals surface area contributed by atoms with Crippen LogP contribution in [0, 0.1) is 0 Å². The molecule has 2 N–H and O–H groups in total. The molecule has 1 heterocycles. The van der Waals surface area contributed by atoms with E-state index in [0.29, 0.717) is 12.2 Å². The van der Waals surface area contributed by atoms with Crippen LogP contribution in [0.5, 0.6) is 0 Å². The Kier molecular flexibility index (Phi) is 3.15. The van der Waals surface area contributed by atoms with Crippen LogP contribution in [0.2, 0.25) is 0 Å². The Morgan fingerprint density at radius 1 is 0.950 bits per heavy atom. The largest absolute Gasteiger partial charge is 0.324 e. The van der Waals surface area contributed by atoms with E-state index in [-0.39, 0.29) is 10.9 Å². The Hall–Kier alpha value is -2.34. The third-order valence-electron chi connectivity index (χ3n) is 2.92. The van der Waals surface area contributed by atoms with Crippen LogP contribution in [0.1, 0.15) is 5.56 Å². The van der Waals surface area contributed by atoms with Gasteiger partial charge in [0.2, 0.25) is 5.96 Å². The SMILES string of the molecule is O=S1(=O)NC(=NCc2ccccc2)Nc2ccccc21. The van der Waals surface area contributed by atoms with Crippen molar-refractivity contribution < 1.29 is 8.42 Å². The summed E-state index contributed by atoms with van der Waals surface area (Å²) in [5.41, 5.74) is 1.55. The molecule has 0 fully saturated rings. The van der Waals surface area contributed by atoms with Crippen LogP contribution in [-0.4, -0.2) is 14.4 Å². The Balaban J connectivity index is 1.88. The van der Waals surface area contributed by atoms with Crippen LogP contribution < -0.4 is 10.0 Å². The highest BCUT2D eigenvalue weighted by molar-refractivity contribution is 7.90. The van der Waals surface area contributed by atoms with Crippen molar-refractivity contribution in [3.63, 3.8) is 0 Å². The molecule has 2 aromatic carbocycles. The van der Waals surface area contributed by atoms with Gasteiger partial charge in [-0.3, -0.25) is 0 Å². The van der Waals surface area contributed by atoms with E-state index in [0.717, 1.165) is 5.56 Å². The van der Waals surface area contributed by atoms with E-state index >= 15 is 0 Å². The molecule has 0 spiro atoms. The topological polar surface area (TPSA) is 70.6 Å². The molecule has 102 valence electrons. The van der Waals surface area contributed by atoms with E-state index in [1.807, 2.05) is 30.3 Å². The molecule has 0 amide bonds. The monoisotopic (exact) mass is 287 g/mol. The van der Waals surface area contributed by atoms with Crippen molar-refractivity contribution >= 4 is 21.7 Å². The van der Waals surface area contributed by atoms with E-state index in [1.54, 1.807) is 24.3 Å². The van der Waals surface area contributed by atoms with Gasteiger partial charge in [0, 0.05) is 0 Å². The van der Waals surface area contributed by atoms with Gasteiger partial charge in [0.05, 0.1) is 12.2 Å². The summed E-state index contributed by atoms with van der Waals surface area (Å²) in [6, 6.07) is 16.4. The quantitative estimate of drug-likeness (QED) is 0.887. The molecule has 6 heteroatoms. The minimum atomic E-state index is -3.54. The van der Waals surface area contributed by atoms with Gasteiger partial charge in [0.1, 0.15) is 4.90 Å². The Labute approximate surface area is 117 Å². The predicted octanol–water partition coefficient (Wildman–Crippen LogP) is 1.95. The lowest BCUT2D eigenvalue weighted by Gasteiger charge is -2.21. The van der Waals surface area contributed by atoms with Gasteiger partial charge in [0.15, 0.2) is 0 Å². The summed E-state index contributed by atoms with van der Waals surface area (Å²) >= 11 is 0. The van der Waals surface area contributed by atoms with Crippen LogP contribution in [0.4, 0.5) is 5.69 Å². The van der Waals surface area contributed by atoms with Crippen LogP contribution in [0.3, 0.4) is 0 Å². The summed E-state index contributed by atoms with van der Waals surface area (Å²) in [5.74, 6) is 0.243. The van der Waals surface area contributed by atoms with Crippen LogP contribution in [-0.2, 0) is 16.6 Å². The molecule has 1 aliphatic heterocycles. The van der Waals surface area contributed by atoms with Gasteiger partial charge in [-0.1, -0.05) is 42.5 Å². The minimum absolute atomic E-state index is 0.235. The smallest absolute Gasteiger partial charge is 0.266 e. The lowest BCUT2D eigenvalue weighted by Crippen LogP contribution is -2.40. The number of fused-ring (bicyclic) bond motifs is 1. The second-order valence-electron chi connectivity index (χ2n) is 4.38. The van der Waals surface area contributed by atoms with Gasteiger partial charge in [-0.25, -0.2) is 18.1 Å². The first-order valence-electron chi connectivity index (χ1n) is 6.12. The Bertz CT molecular complexity index is 755. The minimum Gasteiger partial charge on any atom is -0.324 e. The number of nitrogens with one attached hydrogen (secondary N) is 2. The highest BCUT2D eigenvalue weighted by Gasteiger charge is 2.25. The maximum atomic E-state index is 12.1. The zero-order chi connectivity index (χ0) is 14.0. The first kappa shape index (κ1) is 12.7. The number of anilines is 1. The van der Waals surface area contributed by atoms with Crippen molar-refractivity contribution in [1.29, 1.82) is 0 Å². The maximum absolute atomic E-state index is 12.1. The predicted molar refractivity (Wildman–Crippen MR) is 78.0 cm³/mol. The van der Waals surface area contributed by atoms with E-state index in [1.165, 1.54) is 0 Å². The number of rotatable bonds is 2. The molecular weight excluding hydrogens is 274 g/mol. The fourth-order valence-corrected chi connectivity index (χ4v) is 3.11. The second kappa shape index (κ2) is 4.97. The average Bonchev–Trinajstić information content (AvgIpc) is 2.46. The first-order valence-corrected chi connectivity index (χ1v) is 7.61. The number of hydrogen-bond acceptors (Lipinski definition) is 3. The molecule has 20 heavy (non-hydrogen) atoms. The zero-order valence-electron chi connectivity index (χ0n) is 10.6. The summed E-state index contributed by atoms with van der Waals surface area (Å²) in [7, 11) is -3.54. The number of para-hydroxylation sites is 1. The van der Waals surface area contributed by atoms with E-state index in [2.05, 4.69) is 15.0 Å². The second-order valence-corrected chi connectivity index (χ2v) is 6.03. The third-order valence-corrected chi connectivity index (χ3v) is 4.32. The molecule has 0 aliphatic carbocycles. The molecule has 0 saturated carbocycles. The molecule has 0 saturated heterocycles. The van der Waals surface area contributed by atoms with Gasteiger partial charge < -0.3 is 5.32 Å². The van der Waals surface area contributed by atoms with Crippen LogP contribution in [0.15, 0.2) is 64.5 Å². The summed E-state index contributed by atoms with van der Waals surface area (Å²) in [6.45, 7) is 0.411. The van der Waals surface area contributed by atoms with Crippen molar-refractivity contribution in [2.24, 2.45) is 4.99 Å². The number of benzene rings is 2. The maximum Gasteiger partial charge on any atom is 0.266 e. The summed E-state index contributed by atoms with van der Waals surface area (Å²) in [4.78, 5) is 4.50. The molecule has 0 unspecified atom stereocenters. The molecule has 3 rings (SSSR count). The van der Waals surface area contributed by atoms with E-state index in [9.17, 15) is 8.42 Å². The van der Waals surface area contributed by atoms with E-state index < -0.39 is 10.0 Å². The molecule has 0 radical (unpaired) electrons. The van der Waals surface area contributed by atoms with Crippen molar-refractivity contribution in [3.05, 3.63) is 60.2 Å². The number of nitrogens with zero attached hydrogens (tertiary/aromatic N) is 1. The molecule has 0 atom stereocenters. The Morgan fingerprint density at radius 3 is 2.45 bits per heavy atom. The number of sulfonamides is 1. The number of aliphatic imine (C=N–C) groups is 1. The summed E-state index contributed by atoms with van der Waals surface area (Å²) in [5, 5.41) is 2.98.